The number of H-pyrrole nitrogens is 1. The van der Waals surface area contributed by atoms with E-state index >= 15 is 0 Å². The van der Waals surface area contributed by atoms with Crippen molar-refractivity contribution >= 4 is 70.0 Å². The van der Waals surface area contributed by atoms with Gasteiger partial charge in [0, 0.05) is 53.2 Å². The molecule has 6 amide bonds. The van der Waals surface area contributed by atoms with E-state index in [-0.39, 0.29) is 51.4 Å². The predicted octanol–water partition coefficient (Wildman–Crippen LogP) is 1.46. The van der Waals surface area contributed by atoms with Gasteiger partial charge in [0.05, 0.1) is 51.6 Å². The lowest BCUT2D eigenvalue weighted by Crippen LogP contribution is -2.58. The maximum Gasteiger partial charge on any atom is 0.310 e. The topological polar surface area (TPSA) is 360 Å². The van der Waals surface area contributed by atoms with E-state index in [0.29, 0.717) is 84.2 Å². The minimum absolute atomic E-state index is 0.0528. The van der Waals surface area contributed by atoms with Gasteiger partial charge in [-0.2, -0.15) is 0 Å². The van der Waals surface area contributed by atoms with Gasteiger partial charge in [0.25, 0.3) is 0 Å². The van der Waals surface area contributed by atoms with Crippen LogP contribution in [0.4, 0.5) is 0 Å². The number of ether oxygens (including phenoxy) is 7. The van der Waals surface area contributed by atoms with E-state index in [2.05, 4.69) is 20.9 Å². The van der Waals surface area contributed by atoms with Gasteiger partial charge in [-0.05, 0) is 105 Å². The number of imide groups is 1. The van der Waals surface area contributed by atoms with Gasteiger partial charge in [-0.25, -0.2) is 0 Å². The second-order valence-corrected chi connectivity index (χ2v) is 21.2. The fourth-order valence-electron chi connectivity index (χ4n) is 10.7. The van der Waals surface area contributed by atoms with E-state index in [4.69, 9.17) is 56.1 Å². The highest BCUT2D eigenvalue weighted by atomic mass is 32.2. The first-order valence-corrected chi connectivity index (χ1v) is 27.6. The van der Waals surface area contributed by atoms with Crippen molar-refractivity contribution in [1.29, 1.82) is 0 Å². The second-order valence-electron chi connectivity index (χ2n) is 20.0. The average Bonchev–Trinajstić information content (AvgIpc) is 4.41. The largest absolute Gasteiger partial charge is 0.493 e. The van der Waals surface area contributed by atoms with E-state index in [1.54, 1.807) is 30.5 Å². The fourth-order valence-corrected chi connectivity index (χ4v) is 12.0. The number of likely N-dealkylation sites (tertiary alicyclic amines) is 1. The van der Waals surface area contributed by atoms with Gasteiger partial charge in [0.15, 0.2) is 23.0 Å². The molecule has 0 saturated carbocycles. The summed E-state index contributed by atoms with van der Waals surface area (Å²) in [6, 6.07) is 9.90. The molecular formula is C55H69N9O15S. The number of aromatic amines is 1. The lowest BCUT2D eigenvalue weighted by molar-refractivity contribution is -0.155. The van der Waals surface area contributed by atoms with Gasteiger partial charge in [0.2, 0.25) is 48.0 Å². The van der Waals surface area contributed by atoms with E-state index in [9.17, 15) is 38.4 Å². The van der Waals surface area contributed by atoms with Gasteiger partial charge in [0.1, 0.15) is 24.2 Å². The van der Waals surface area contributed by atoms with Crippen LogP contribution in [0.15, 0.2) is 54.7 Å². The number of amides is 6. The Hall–Kier alpha value is -7.61. The van der Waals surface area contributed by atoms with Crippen molar-refractivity contribution in [1.82, 2.24) is 25.8 Å². The maximum atomic E-state index is 14.0. The molecule has 1 aromatic heterocycles. The Morgan fingerprint density at radius 2 is 1.43 bits per heavy atom. The van der Waals surface area contributed by atoms with Crippen molar-refractivity contribution in [3.63, 3.8) is 0 Å². The lowest BCUT2D eigenvalue weighted by Gasteiger charge is -2.38. The Morgan fingerprint density at radius 1 is 0.800 bits per heavy atom. The van der Waals surface area contributed by atoms with Gasteiger partial charge in [-0.15, -0.1) is 11.8 Å². The van der Waals surface area contributed by atoms with Crippen molar-refractivity contribution in [2.24, 2.45) is 34.8 Å². The SMILES string of the molecule is COc1cc([C@@H]2c3cc4c(cc3[C@H](OC(=O)CCN3C(=O)CC(SCC(NC(=O)[C@H](CCCCN)NC(=O)[C@H](CCCCN)NC(=O)[C@@H](N)Cc5c[nH]c6ccccc56)C(N)=O)C3=O)[C@H]3COC(=O)[C@H]23)OCO4)cc(OC)c1OC. The zero-order chi connectivity index (χ0) is 57.2. The first-order valence-electron chi connectivity index (χ1n) is 26.6. The maximum absolute atomic E-state index is 14.0. The lowest BCUT2D eigenvalue weighted by atomic mass is 9.66. The van der Waals surface area contributed by atoms with Crippen molar-refractivity contribution in [3.8, 4) is 28.7 Å². The molecule has 0 bridgehead atoms. The molecular weight excluding hydrogens is 1060 g/mol. The minimum Gasteiger partial charge on any atom is -0.493 e. The number of methoxy groups -OCH3 is 3. The molecule has 0 radical (unpaired) electrons. The van der Waals surface area contributed by atoms with Crippen LogP contribution in [0.2, 0.25) is 0 Å². The number of hydrogen-bond acceptors (Lipinski definition) is 19. The summed E-state index contributed by atoms with van der Waals surface area (Å²) in [6.07, 6.45) is 2.56. The molecule has 2 unspecified atom stereocenters. The molecule has 8 rings (SSSR count). The quantitative estimate of drug-likeness (QED) is 0.0227. The Kier molecular flexibility index (Phi) is 19.4. The zero-order valence-electron chi connectivity index (χ0n) is 44.8. The third-order valence-electron chi connectivity index (χ3n) is 14.9. The second kappa shape index (κ2) is 26.6. The standard InChI is InChI=1S/C55H69N9O15S/c1-73-41-19-28(20-42(74-2)49(41)75-3)46-31-21-39-40(78-27-77-39)22-32(31)48(33-25-76-55(72)47(33)46)79-45(66)14-17-64-44(65)23-43(54(64)71)80-26-38(50(59)67)63-53(70)37(13-7-9-16-57)62-52(69)36(12-6-8-15-56)61-51(68)34(58)18-29-24-60-35-11-5-4-10-30(29)35/h4-5,10-11,19-22,24,33-34,36-38,43,46-48,60H,6-9,12-18,23,25-27,56-58H2,1-3H3,(H2,59,67)(H,61,68)(H,62,69)(H,63,70)/t33-,34-,36-,37-,38?,43?,46+,47-,48-/m0/s1. The van der Waals surface area contributed by atoms with Gasteiger partial charge < -0.3 is 77.0 Å². The van der Waals surface area contributed by atoms with Crippen LogP contribution in [-0.2, 0) is 54.3 Å². The first-order chi connectivity index (χ1) is 38.6. The van der Waals surface area contributed by atoms with Crippen molar-refractivity contribution in [2.75, 3.05) is 60.1 Å². The number of fused-ring (bicyclic) bond motifs is 4. The molecule has 2 saturated heterocycles. The van der Waals surface area contributed by atoms with Gasteiger partial charge in [-0.3, -0.25) is 43.3 Å². The summed E-state index contributed by atoms with van der Waals surface area (Å²) in [6.45, 7) is 0.191. The van der Waals surface area contributed by atoms with E-state index in [1.807, 2.05) is 24.3 Å². The van der Waals surface area contributed by atoms with Crippen LogP contribution in [0.25, 0.3) is 10.9 Å². The summed E-state index contributed by atoms with van der Waals surface area (Å²) in [5.41, 5.74) is 27.1. The molecule has 25 heteroatoms. The van der Waals surface area contributed by atoms with Crippen molar-refractivity contribution < 1.29 is 71.5 Å². The van der Waals surface area contributed by atoms with Crippen molar-refractivity contribution in [3.05, 3.63) is 77.0 Å². The summed E-state index contributed by atoms with van der Waals surface area (Å²) in [5, 5.41) is 8.02. The van der Waals surface area contributed by atoms with Crippen LogP contribution in [0.5, 0.6) is 28.7 Å². The van der Waals surface area contributed by atoms with Gasteiger partial charge >= 0.3 is 11.9 Å². The van der Waals surface area contributed by atoms with Crippen LogP contribution in [0.1, 0.15) is 85.6 Å². The molecule has 3 aromatic carbocycles. The monoisotopic (exact) mass is 1130 g/mol. The molecule has 2 fully saturated rings. The fraction of sp³-hybridized carbons (Fsp3) is 0.491. The number of para-hydroxylation sites is 1. The molecule has 80 heavy (non-hydrogen) atoms. The zero-order valence-corrected chi connectivity index (χ0v) is 45.6. The average molecular weight is 1130 g/mol. The molecule has 4 aromatic rings. The Balaban J connectivity index is 0.893. The summed E-state index contributed by atoms with van der Waals surface area (Å²) >= 11 is 0.923. The normalized spacial score (nSPS) is 20.4. The molecule has 1 aliphatic carbocycles. The number of hydrogen-bond donors (Lipinski definition) is 8. The summed E-state index contributed by atoms with van der Waals surface area (Å²) in [7, 11) is 4.44. The number of rotatable bonds is 28. The highest BCUT2D eigenvalue weighted by molar-refractivity contribution is 8.00. The van der Waals surface area contributed by atoms with E-state index < -0.39 is 107 Å². The molecule has 24 nitrogen and oxygen atoms in total. The highest BCUT2D eigenvalue weighted by Gasteiger charge is 2.54. The molecule has 9 atom stereocenters. The number of thioether (sulfide) groups is 1. The number of nitrogens with two attached hydrogens (primary N) is 4. The number of esters is 2. The third-order valence-corrected chi connectivity index (χ3v) is 16.2. The molecule has 3 aliphatic heterocycles. The number of unbranched alkanes of at least 4 members (excludes halogenated alkanes) is 2. The summed E-state index contributed by atoms with van der Waals surface area (Å²) in [4.78, 5) is 113. The van der Waals surface area contributed by atoms with Gasteiger partial charge in [-0.1, -0.05) is 18.2 Å². The van der Waals surface area contributed by atoms with Crippen LogP contribution in [0, 0.1) is 11.8 Å². The minimum atomic E-state index is -1.35. The predicted molar refractivity (Wildman–Crippen MR) is 290 cm³/mol. The smallest absolute Gasteiger partial charge is 0.310 e. The number of nitrogens with zero attached hydrogens (tertiary/aromatic N) is 1. The molecule has 4 heterocycles. The third kappa shape index (κ3) is 13.0. The number of nitrogens with one attached hydrogen (secondary N) is 4. The number of primary amides is 1. The number of benzene rings is 3. The summed E-state index contributed by atoms with van der Waals surface area (Å²) < 4.78 is 40.1. The van der Waals surface area contributed by atoms with Crippen molar-refractivity contribution in [2.45, 2.75) is 99.2 Å². The molecule has 4 aliphatic rings. The van der Waals surface area contributed by atoms with E-state index in [0.717, 1.165) is 33.1 Å². The Bertz CT molecular complexity index is 2950. The highest BCUT2D eigenvalue weighted by Crippen LogP contribution is 2.56. The van der Waals surface area contributed by atoms with Crippen LogP contribution >= 0.6 is 11.8 Å². The van der Waals surface area contributed by atoms with Crippen LogP contribution in [0.3, 0.4) is 0 Å². The number of carbonyl (C=O) groups excluding carboxylic acids is 8. The molecule has 12 N–H and O–H groups in total. The van der Waals surface area contributed by atoms with E-state index in [1.165, 1.54) is 21.3 Å². The summed E-state index contributed by atoms with van der Waals surface area (Å²) in [5.74, 6) is -5.88. The molecule has 430 valence electrons. The Labute approximate surface area is 465 Å². The number of carbonyl (C=O) groups is 8. The van der Waals surface area contributed by atoms with Crippen LogP contribution in [-0.4, -0.2) is 147 Å². The first kappa shape index (κ1) is 58.5. The number of aromatic nitrogens is 1. The molecule has 0 spiro atoms. The van der Waals surface area contributed by atoms with Crippen LogP contribution < -0.4 is 62.6 Å². The Morgan fingerprint density at radius 3 is 2.05 bits per heavy atom. The number of cyclic esters (lactones) is 1.